The molecule has 2 aromatic carbocycles. The first-order chi connectivity index (χ1) is 14.0. The number of hydrogen-bond donors (Lipinski definition) is 1. The summed E-state index contributed by atoms with van der Waals surface area (Å²) in [5, 5.41) is 11.7. The Hall–Kier alpha value is -2.01. The number of carboxylic acids is 1. The summed E-state index contributed by atoms with van der Waals surface area (Å²) in [5.41, 5.74) is 3.11. The van der Waals surface area contributed by atoms with Crippen LogP contribution in [-0.4, -0.2) is 40.2 Å². The van der Waals surface area contributed by atoms with E-state index in [9.17, 15) is 4.79 Å². The van der Waals surface area contributed by atoms with Gasteiger partial charge < -0.3 is 14.6 Å². The Bertz CT molecular complexity index is 1020. The quantitative estimate of drug-likeness (QED) is 0.564. The zero-order valence-corrected chi connectivity index (χ0v) is 17.7. The van der Waals surface area contributed by atoms with Gasteiger partial charge in [0.25, 0.3) is 0 Å². The van der Waals surface area contributed by atoms with E-state index in [-0.39, 0.29) is 6.42 Å². The van der Waals surface area contributed by atoms with Crippen molar-refractivity contribution in [2.45, 2.75) is 31.7 Å². The Morgan fingerprint density at radius 1 is 1.03 bits per heavy atom. The summed E-state index contributed by atoms with van der Waals surface area (Å²) in [5.74, 6) is -0.818. The van der Waals surface area contributed by atoms with Gasteiger partial charge in [-0.15, -0.1) is 0 Å². The lowest BCUT2D eigenvalue weighted by atomic mass is 10.0. The van der Waals surface area contributed by atoms with E-state index >= 15 is 0 Å². The fourth-order valence-corrected chi connectivity index (χ4v) is 4.83. The number of likely N-dealkylation sites (tertiary alicyclic amines) is 1. The van der Waals surface area contributed by atoms with Crippen LogP contribution in [0.4, 0.5) is 0 Å². The lowest BCUT2D eigenvalue weighted by molar-refractivity contribution is -0.136. The molecule has 4 rings (SSSR count). The van der Waals surface area contributed by atoms with E-state index in [0.29, 0.717) is 6.04 Å². The second-order valence-corrected chi connectivity index (χ2v) is 8.58. The molecule has 0 radical (unpaired) electrons. The van der Waals surface area contributed by atoms with E-state index in [4.69, 9.17) is 28.3 Å². The first kappa shape index (κ1) is 20.3. The van der Waals surface area contributed by atoms with E-state index in [1.54, 1.807) is 0 Å². The van der Waals surface area contributed by atoms with Crippen molar-refractivity contribution in [1.29, 1.82) is 0 Å². The van der Waals surface area contributed by atoms with Crippen molar-refractivity contribution >= 4 is 40.1 Å². The van der Waals surface area contributed by atoms with Crippen LogP contribution in [0, 0.1) is 0 Å². The number of halogens is 2. The molecule has 6 heteroatoms. The van der Waals surface area contributed by atoms with Crippen LogP contribution >= 0.6 is 23.2 Å². The number of fused-ring (bicyclic) bond motifs is 1. The third-order valence-corrected chi connectivity index (χ3v) is 6.27. The van der Waals surface area contributed by atoms with Gasteiger partial charge in [0.2, 0.25) is 0 Å². The van der Waals surface area contributed by atoms with Crippen molar-refractivity contribution in [3.8, 4) is 0 Å². The SMILES string of the molecule is O=C(O)Cc1ccc2cc(Cl)n(C3CCN(CCc4cccc(Cl)c4)CC3)c2c1. The molecule has 4 nitrogen and oxygen atoms in total. The molecule has 1 aliphatic rings. The van der Waals surface area contributed by atoms with Crippen molar-refractivity contribution in [2.75, 3.05) is 19.6 Å². The maximum atomic E-state index is 11.1. The summed E-state index contributed by atoms with van der Waals surface area (Å²) in [6.45, 7) is 3.07. The molecule has 0 unspecified atom stereocenters. The third kappa shape index (κ3) is 4.77. The molecular weight excluding hydrogens is 407 g/mol. The number of aromatic nitrogens is 1. The molecule has 1 aromatic heterocycles. The maximum absolute atomic E-state index is 11.1. The van der Waals surface area contributed by atoms with E-state index in [0.717, 1.165) is 65.5 Å². The third-order valence-electron chi connectivity index (χ3n) is 5.74. The smallest absolute Gasteiger partial charge is 0.307 e. The van der Waals surface area contributed by atoms with Gasteiger partial charge in [0, 0.05) is 41.6 Å². The molecule has 0 amide bonds. The average molecular weight is 431 g/mol. The Balaban J connectivity index is 1.43. The second kappa shape index (κ2) is 8.78. The van der Waals surface area contributed by atoms with Gasteiger partial charge in [0.1, 0.15) is 5.15 Å². The molecule has 0 saturated carbocycles. The second-order valence-electron chi connectivity index (χ2n) is 7.75. The monoisotopic (exact) mass is 430 g/mol. The summed E-state index contributed by atoms with van der Waals surface area (Å²) < 4.78 is 2.19. The minimum atomic E-state index is -0.818. The van der Waals surface area contributed by atoms with E-state index in [1.165, 1.54) is 5.56 Å². The summed E-state index contributed by atoms with van der Waals surface area (Å²) in [4.78, 5) is 13.6. The molecule has 2 heterocycles. The lowest BCUT2D eigenvalue weighted by Crippen LogP contribution is -2.36. The molecule has 152 valence electrons. The highest BCUT2D eigenvalue weighted by Gasteiger charge is 2.23. The highest BCUT2D eigenvalue weighted by atomic mass is 35.5. The molecule has 0 spiro atoms. The number of piperidine rings is 1. The van der Waals surface area contributed by atoms with Crippen molar-refractivity contribution in [3.63, 3.8) is 0 Å². The number of benzene rings is 2. The molecule has 29 heavy (non-hydrogen) atoms. The van der Waals surface area contributed by atoms with Gasteiger partial charge in [0.15, 0.2) is 0 Å². The standard InChI is InChI=1S/C23H24Cl2N2O2/c24-19-3-1-2-16(12-19)6-9-26-10-7-20(8-11-26)27-21-13-17(14-23(28)29)4-5-18(21)15-22(27)25/h1-5,12-13,15,20H,6-11,14H2,(H,28,29). The first-order valence-corrected chi connectivity index (χ1v) is 10.7. The molecule has 3 aromatic rings. The lowest BCUT2D eigenvalue weighted by Gasteiger charge is -2.33. The summed E-state index contributed by atoms with van der Waals surface area (Å²) in [6.07, 6.45) is 3.09. The molecule has 1 aliphatic heterocycles. The Morgan fingerprint density at radius 3 is 2.55 bits per heavy atom. The molecular formula is C23H24Cl2N2O2. The van der Waals surface area contributed by atoms with Crippen LogP contribution < -0.4 is 0 Å². The molecule has 1 N–H and O–H groups in total. The van der Waals surface area contributed by atoms with Gasteiger partial charge in [-0.2, -0.15) is 0 Å². The van der Waals surface area contributed by atoms with E-state index < -0.39 is 5.97 Å². The summed E-state index contributed by atoms with van der Waals surface area (Å²) >= 11 is 12.7. The van der Waals surface area contributed by atoms with Gasteiger partial charge in [-0.1, -0.05) is 47.5 Å². The molecule has 1 fully saturated rings. The zero-order chi connectivity index (χ0) is 20.4. The molecule has 1 saturated heterocycles. The van der Waals surface area contributed by atoms with Gasteiger partial charge in [-0.25, -0.2) is 0 Å². The number of hydrogen-bond acceptors (Lipinski definition) is 2. The molecule has 0 atom stereocenters. The Kier molecular flexibility index (Phi) is 6.14. The van der Waals surface area contributed by atoms with Crippen LogP contribution in [-0.2, 0) is 17.6 Å². The van der Waals surface area contributed by atoms with Crippen LogP contribution in [0.3, 0.4) is 0 Å². The molecule has 0 aliphatic carbocycles. The topological polar surface area (TPSA) is 45.5 Å². The Morgan fingerprint density at radius 2 is 1.83 bits per heavy atom. The van der Waals surface area contributed by atoms with Gasteiger partial charge in [0.05, 0.1) is 6.42 Å². The average Bonchev–Trinajstić information content (AvgIpc) is 3.01. The number of nitrogens with zero attached hydrogens (tertiary/aromatic N) is 2. The summed E-state index contributed by atoms with van der Waals surface area (Å²) in [6, 6.07) is 16.2. The van der Waals surface area contributed by atoms with Crippen LogP contribution in [0.25, 0.3) is 10.9 Å². The van der Waals surface area contributed by atoms with Crippen LogP contribution in [0.1, 0.15) is 30.0 Å². The number of rotatable bonds is 6. The summed E-state index contributed by atoms with van der Waals surface area (Å²) in [7, 11) is 0. The number of aliphatic carboxylic acids is 1. The largest absolute Gasteiger partial charge is 0.481 e. The fraction of sp³-hybridized carbons (Fsp3) is 0.348. The van der Waals surface area contributed by atoms with E-state index in [2.05, 4.69) is 15.5 Å². The van der Waals surface area contributed by atoms with Crippen molar-refractivity contribution in [2.24, 2.45) is 0 Å². The first-order valence-electron chi connectivity index (χ1n) is 9.97. The Labute approximate surface area is 180 Å². The van der Waals surface area contributed by atoms with E-state index in [1.807, 2.05) is 42.5 Å². The van der Waals surface area contributed by atoms with Crippen molar-refractivity contribution < 1.29 is 9.90 Å². The molecule has 0 bridgehead atoms. The van der Waals surface area contributed by atoms with Crippen LogP contribution in [0.5, 0.6) is 0 Å². The predicted molar refractivity (Wildman–Crippen MR) is 118 cm³/mol. The highest BCUT2D eigenvalue weighted by Crippen LogP contribution is 2.33. The van der Waals surface area contributed by atoms with Gasteiger partial charge in [-0.3, -0.25) is 4.79 Å². The zero-order valence-electron chi connectivity index (χ0n) is 16.2. The van der Waals surface area contributed by atoms with Crippen LogP contribution in [0.15, 0.2) is 48.5 Å². The minimum Gasteiger partial charge on any atom is -0.481 e. The minimum absolute atomic E-state index is 0.0285. The highest BCUT2D eigenvalue weighted by molar-refractivity contribution is 6.31. The fourth-order valence-electron chi connectivity index (χ4n) is 4.27. The van der Waals surface area contributed by atoms with Crippen LogP contribution in [0.2, 0.25) is 10.2 Å². The number of carbonyl (C=O) groups is 1. The van der Waals surface area contributed by atoms with Gasteiger partial charge >= 0.3 is 5.97 Å². The predicted octanol–water partition coefficient (Wildman–Crippen LogP) is 5.45. The van der Waals surface area contributed by atoms with Gasteiger partial charge in [-0.05, 0) is 54.7 Å². The normalized spacial score (nSPS) is 15.8. The van der Waals surface area contributed by atoms with Crippen molar-refractivity contribution in [1.82, 2.24) is 9.47 Å². The maximum Gasteiger partial charge on any atom is 0.307 e. The number of carboxylic acid groups (broad SMARTS) is 1. The van der Waals surface area contributed by atoms with Crippen molar-refractivity contribution in [3.05, 3.63) is 69.8 Å².